The SMILES string of the molecule is N[C@@H](c1ccco1)C1CCNCC1. The van der Waals surface area contributed by atoms with Gasteiger partial charge in [-0.25, -0.2) is 0 Å². The Morgan fingerprint density at radius 3 is 2.85 bits per heavy atom. The van der Waals surface area contributed by atoms with Crippen molar-refractivity contribution in [2.24, 2.45) is 11.7 Å². The van der Waals surface area contributed by atoms with Crippen LogP contribution in [0.4, 0.5) is 0 Å². The van der Waals surface area contributed by atoms with Gasteiger partial charge >= 0.3 is 0 Å². The van der Waals surface area contributed by atoms with Crippen molar-refractivity contribution in [2.45, 2.75) is 18.9 Å². The van der Waals surface area contributed by atoms with Crippen LogP contribution < -0.4 is 11.1 Å². The molecular weight excluding hydrogens is 164 g/mol. The zero-order valence-electron chi connectivity index (χ0n) is 7.70. The van der Waals surface area contributed by atoms with Crippen molar-refractivity contribution in [3.63, 3.8) is 0 Å². The Morgan fingerprint density at radius 2 is 2.23 bits per heavy atom. The Bertz CT molecular complexity index is 239. The molecule has 1 aliphatic heterocycles. The predicted octanol–water partition coefficient (Wildman–Crippen LogP) is 1.28. The smallest absolute Gasteiger partial charge is 0.120 e. The maximum atomic E-state index is 6.09. The highest BCUT2D eigenvalue weighted by atomic mass is 16.3. The highest BCUT2D eigenvalue weighted by Crippen LogP contribution is 2.26. The Labute approximate surface area is 78.3 Å². The van der Waals surface area contributed by atoms with E-state index in [1.54, 1.807) is 6.26 Å². The van der Waals surface area contributed by atoms with Gasteiger partial charge in [0.2, 0.25) is 0 Å². The fourth-order valence-electron chi connectivity index (χ4n) is 1.92. The highest BCUT2D eigenvalue weighted by Gasteiger charge is 2.23. The molecule has 3 heteroatoms. The van der Waals surface area contributed by atoms with Gasteiger partial charge in [-0.15, -0.1) is 0 Å². The molecule has 1 atom stereocenters. The molecule has 0 unspecified atom stereocenters. The number of nitrogens with two attached hydrogens (primary N) is 1. The quantitative estimate of drug-likeness (QED) is 0.720. The summed E-state index contributed by atoms with van der Waals surface area (Å²) in [5, 5.41) is 3.33. The molecule has 1 saturated heterocycles. The van der Waals surface area contributed by atoms with Crippen LogP contribution in [-0.2, 0) is 0 Å². The molecule has 0 amide bonds. The van der Waals surface area contributed by atoms with Crippen molar-refractivity contribution in [1.82, 2.24) is 5.32 Å². The summed E-state index contributed by atoms with van der Waals surface area (Å²) in [7, 11) is 0. The highest BCUT2D eigenvalue weighted by molar-refractivity contribution is 5.05. The second-order valence-corrected chi connectivity index (χ2v) is 3.63. The van der Waals surface area contributed by atoms with Crippen LogP contribution in [0.2, 0.25) is 0 Å². The summed E-state index contributed by atoms with van der Waals surface area (Å²) in [6, 6.07) is 3.94. The average molecular weight is 180 g/mol. The normalized spacial score (nSPS) is 21.6. The van der Waals surface area contributed by atoms with E-state index in [0.29, 0.717) is 5.92 Å². The summed E-state index contributed by atoms with van der Waals surface area (Å²) >= 11 is 0. The number of piperidine rings is 1. The van der Waals surface area contributed by atoms with Gasteiger partial charge in [0.25, 0.3) is 0 Å². The lowest BCUT2D eigenvalue weighted by atomic mass is 9.89. The fraction of sp³-hybridized carbons (Fsp3) is 0.600. The molecule has 3 N–H and O–H groups in total. The van der Waals surface area contributed by atoms with Crippen molar-refractivity contribution >= 4 is 0 Å². The monoisotopic (exact) mass is 180 g/mol. The first-order valence-electron chi connectivity index (χ1n) is 4.87. The van der Waals surface area contributed by atoms with Crippen LogP contribution in [0.5, 0.6) is 0 Å². The van der Waals surface area contributed by atoms with Gasteiger partial charge in [-0.2, -0.15) is 0 Å². The van der Waals surface area contributed by atoms with E-state index < -0.39 is 0 Å². The molecule has 13 heavy (non-hydrogen) atoms. The molecule has 72 valence electrons. The minimum atomic E-state index is 0.0806. The molecule has 1 aromatic rings. The number of hydrogen-bond donors (Lipinski definition) is 2. The van der Waals surface area contributed by atoms with Gasteiger partial charge < -0.3 is 15.5 Å². The number of furan rings is 1. The summed E-state index contributed by atoms with van der Waals surface area (Å²) in [4.78, 5) is 0. The maximum Gasteiger partial charge on any atom is 0.120 e. The first-order valence-corrected chi connectivity index (χ1v) is 4.87. The lowest BCUT2D eigenvalue weighted by Gasteiger charge is -2.26. The van der Waals surface area contributed by atoms with Crippen molar-refractivity contribution < 1.29 is 4.42 Å². The number of rotatable bonds is 2. The lowest BCUT2D eigenvalue weighted by Crippen LogP contribution is -2.33. The molecule has 1 fully saturated rings. The van der Waals surface area contributed by atoms with Gasteiger partial charge in [-0.1, -0.05) is 0 Å². The van der Waals surface area contributed by atoms with E-state index in [4.69, 9.17) is 10.2 Å². The molecule has 0 radical (unpaired) electrons. The molecule has 3 nitrogen and oxygen atoms in total. The fourth-order valence-corrected chi connectivity index (χ4v) is 1.92. The summed E-state index contributed by atoms with van der Waals surface area (Å²) in [6.07, 6.45) is 4.00. The van der Waals surface area contributed by atoms with Gasteiger partial charge in [-0.05, 0) is 44.0 Å². The maximum absolute atomic E-state index is 6.09. The van der Waals surface area contributed by atoms with E-state index in [-0.39, 0.29) is 6.04 Å². The predicted molar refractivity (Wildman–Crippen MR) is 51.2 cm³/mol. The average Bonchev–Trinajstić information content (AvgIpc) is 2.71. The van der Waals surface area contributed by atoms with E-state index in [9.17, 15) is 0 Å². The molecule has 0 saturated carbocycles. The third-order valence-electron chi connectivity index (χ3n) is 2.76. The third-order valence-corrected chi connectivity index (χ3v) is 2.76. The van der Waals surface area contributed by atoms with Crippen LogP contribution in [0.3, 0.4) is 0 Å². The van der Waals surface area contributed by atoms with E-state index >= 15 is 0 Å². The first-order chi connectivity index (χ1) is 6.38. The van der Waals surface area contributed by atoms with Gasteiger partial charge in [0.1, 0.15) is 5.76 Å². The van der Waals surface area contributed by atoms with E-state index in [1.165, 1.54) is 0 Å². The van der Waals surface area contributed by atoms with Crippen molar-refractivity contribution in [2.75, 3.05) is 13.1 Å². The molecular formula is C10H16N2O. The van der Waals surface area contributed by atoms with Crippen LogP contribution in [0.15, 0.2) is 22.8 Å². The van der Waals surface area contributed by atoms with Crippen molar-refractivity contribution in [3.8, 4) is 0 Å². The molecule has 0 spiro atoms. The summed E-state index contributed by atoms with van der Waals surface area (Å²) in [6.45, 7) is 2.16. The second-order valence-electron chi connectivity index (χ2n) is 3.63. The zero-order valence-corrected chi connectivity index (χ0v) is 7.70. The van der Waals surface area contributed by atoms with Crippen LogP contribution in [0, 0.1) is 5.92 Å². The Kier molecular flexibility index (Phi) is 2.66. The Morgan fingerprint density at radius 1 is 1.46 bits per heavy atom. The summed E-state index contributed by atoms with van der Waals surface area (Å²) < 4.78 is 5.30. The van der Waals surface area contributed by atoms with Crippen LogP contribution in [0.1, 0.15) is 24.6 Å². The standard InChI is InChI=1S/C10H16N2O/c11-10(9-2-1-7-13-9)8-3-5-12-6-4-8/h1-2,7-8,10,12H,3-6,11H2/t10-/m1/s1. The first kappa shape index (κ1) is 8.78. The largest absolute Gasteiger partial charge is 0.468 e. The van der Waals surface area contributed by atoms with Crippen LogP contribution >= 0.6 is 0 Å². The molecule has 1 aliphatic rings. The molecule has 0 aliphatic carbocycles. The summed E-state index contributed by atoms with van der Waals surface area (Å²) in [5.41, 5.74) is 6.09. The van der Waals surface area contributed by atoms with Gasteiger partial charge in [0.15, 0.2) is 0 Å². The second kappa shape index (κ2) is 3.94. The molecule has 1 aromatic heterocycles. The van der Waals surface area contributed by atoms with E-state index in [1.807, 2.05) is 12.1 Å². The van der Waals surface area contributed by atoms with Crippen molar-refractivity contribution in [3.05, 3.63) is 24.2 Å². The minimum Gasteiger partial charge on any atom is -0.468 e. The van der Waals surface area contributed by atoms with Gasteiger partial charge in [-0.3, -0.25) is 0 Å². The minimum absolute atomic E-state index is 0.0806. The van der Waals surface area contributed by atoms with Gasteiger partial charge in [0.05, 0.1) is 12.3 Å². The van der Waals surface area contributed by atoms with Crippen molar-refractivity contribution in [1.29, 1.82) is 0 Å². The van der Waals surface area contributed by atoms with Crippen LogP contribution in [0.25, 0.3) is 0 Å². The van der Waals surface area contributed by atoms with E-state index in [0.717, 1.165) is 31.7 Å². The Hall–Kier alpha value is -0.800. The molecule has 0 aromatic carbocycles. The lowest BCUT2D eigenvalue weighted by molar-refractivity contribution is 0.292. The zero-order chi connectivity index (χ0) is 9.10. The Balaban J connectivity index is 1.99. The number of nitrogens with one attached hydrogen (secondary N) is 1. The van der Waals surface area contributed by atoms with E-state index in [2.05, 4.69) is 5.32 Å². The molecule has 2 rings (SSSR count). The molecule has 2 heterocycles. The molecule has 0 bridgehead atoms. The number of hydrogen-bond acceptors (Lipinski definition) is 3. The topological polar surface area (TPSA) is 51.2 Å². The van der Waals surface area contributed by atoms with Crippen LogP contribution in [-0.4, -0.2) is 13.1 Å². The van der Waals surface area contributed by atoms with Gasteiger partial charge in [0, 0.05) is 0 Å². The summed E-state index contributed by atoms with van der Waals surface area (Å²) in [5.74, 6) is 1.50. The third kappa shape index (κ3) is 1.92.